The lowest BCUT2D eigenvalue weighted by molar-refractivity contribution is -0.137. The van der Waals surface area contributed by atoms with E-state index in [1.165, 1.54) is 12.1 Å². The van der Waals surface area contributed by atoms with Gasteiger partial charge in [0.2, 0.25) is 0 Å². The highest BCUT2D eigenvalue weighted by atomic mass is 35.5. The quantitative estimate of drug-likeness (QED) is 0.616. The normalized spacial score (nSPS) is 25.3. The number of pyridine rings is 1. The summed E-state index contributed by atoms with van der Waals surface area (Å²) in [7, 11) is -2.65. The fourth-order valence-corrected chi connectivity index (χ4v) is 6.72. The second kappa shape index (κ2) is 8.03. The van der Waals surface area contributed by atoms with Crippen molar-refractivity contribution in [1.29, 1.82) is 0 Å². The van der Waals surface area contributed by atoms with Gasteiger partial charge in [0.05, 0.1) is 37.3 Å². The summed E-state index contributed by atoms with van der Waals surface area (Å²) in [5.41, 5.74) is 4.50. The molecule has 2 atom stereocenters. The summed E-state index contributed by atoms with van der Waals surface area (Å²) in [6.45, 7) is 5.13. The Morgan fingerprint density at radius 3 is 2.56 bits per heavy atom. The Kier molecular flexibility index (Phi) is 6.16. The molecule has 1 amide bonds. The molecule has 2 aromatic rings. The van der Waals surface area contributed by atoms with Gasteiger partial charge in [-0.1, -0.05) is 11.6 Å². The predicted octanol–water partition coefficient (Wildman–Crippen LogP) is 3.83. The van der Waals surface area contributed by atoms with Crippen LogP contribution in [0.2, 0.25) is 5.02 Å². The fraction of sp³-hybridized carbons (Fsp3) is 0.400. The lowest BCUT2D eigenvalue weighted by Gasteiger charge is -2.40. The van der Waals surface area contributed by atoms with Gasteiger partial charge in [-0.05, 0) is 54.4 Å². The van der Waals surface area contributed by atoms with Crippen LogP contribution in [0.1, 0.15) is 46.6 Å². The average Bonchev–Trinajstić information content (AvgIpc) is 3.07. The fourth-order valence-electron chi connectivity index (χ4n) is 3.18. The van der Waals surface area contributed by atoms with Crippen molar-refractivity contribution in [2.24, 2.45) is 10.7 Å². The molecular weight excluding hydrogens is 485 g/mol. The largest absolute Gasteiger partial charge is 0.417 e. The van der Waals surface area contributed by atoms with Crippen LogP contribution < -0.4 is 11.1 Å². The number of carbonyl (C=O) groups is 1. The van der Waals surface area contributed by atoms with Crippen LogP contribution in [0.4, 0.5) is 13.2 Å². The van der Waals surface area contributed by atoms with Crippen molar-refractivity contribution < 1.29 is 22.2 Å². The molecule has 2 aromatic heterocycles. The molecule has 0 saturated carbocycles. The van der Waals surface area contributed by atoms with Crippen LogP contribution in [0.25, 0.3) is 0 Å². The van der Waals surface area contributed by atoms with Crippen molar-refractivity contribution in [3.05, 3.63) is 50.4 Å². The van der Waals surface area contributed by atoms with E-state index in [0.717, 1.165) is 17.4 Å². The SMILES string of the molecule is C=S1(=O)C[C@@](C)(c2sc(C(=O)NCc3ccc(C(F)(F)F)cn3)cc2Cl)N=C(N)C1(C)C. The summed E-state index contributed by atoms with van der Waals surface area (Å²) in [5.74, 6) is 3.73. The van der Waals surface area contributed by atoms with E-state index in [-0.39, 0.29) is 33.7 Å². The molecule has 1 aliphatic rings. The van der Waals surface area contributed by atoms with E-state index < -0.39 is 37.5 Å². The third kappa shape index (κ3) is 4.51. The molecule has 0 bridgehead atoms. The highest BCUT2D eigenvalue weighted by Gasteiger charge is 2.46. The molecule has 0 saturated heterocycles. The van der Waals surface area contributed by atoms with Crippen LogP contribution in [0.3, 0.4) is 0 Å². The molecule has 1 unspecified atom stereocenters. The van der Waals surface area contributed by atoms with Crippen molar-refractivity contribution in [1.82, 2.24) is 10.3 Å². The number of hydrogen-bond acceptors (Lipinski definition) is 6. The molecule has 174 valence electrons. The number of amides is 1. The maximum atomic E-state index is 13.2. The highest BCUT2D eigenvalue weighted by Crippen LogP contribution is 2.43. The molecule has 0 fully saturated rings. The lowest BCUT2D eigenvalue weighted by atomic mass is 10.0. The Morgan fingerprint density at radius 2 is 2.03 bits per heavy atom. The number of alkyl halides is 3. The Hall–Kier alpha value is -2.11. The van der Waals surface area contributed by atoms with Crippen LogP contribution in [-0.2, 0) is 27.8 Å². The van der Waals surface area contributed by atoms with Crippen LogP contribution in [0, 0.1) is 0 Å². The van der Waals surface area contributed by atoms with E-state index in [9.17, 15) is 22.2 Å². The van der Waals surface area contributed by atoms with Crippen LogP contribution in [0.15, 0.2) is 29.4 Å². The van der Waals surface area contributed by atoms with E-state index in [1.807, 2.05) is 0 Å². The third-order valence-corrected chi connectivity index (χ3v) is 10.3. The maximum absolute atomic E-state index is 13.2. The summed E-state index contributed by atoms with van der Waals surface area (Å²) >= 11 is 7.48. The smallest absolute Gasteiger partial charge is 0.386 e. The van der Waals surface area contributed by atoms with Gasteiger partial charge in [-0.3, -0.25) is 19.0 Å². The van der Waals surface area contributed by atoms with Crippen molar-refractivity contribution in [3.8, 4) is 0 Å². The minimum atomic E-state index is -4.48. The topological polar surface area (TPSA) is 97.4 Å². The molecule has 0 radical (unpaired) electrons. The Labute approximate surface area is 193 Å². The molecule has 12 heteroatoms. The van der Waals surface area contributed by atoms with Crippen molar-refractivity contribution in [2.75, 3.05) is 5.75 Å². The number of nitrogens with two attached hydrogens (primary N) is 1. The number of thiophene rings is 1. The lowest BCUT2D eigenvalue weighted by Crippen LogP contribution is -2.54. The van der Waals surface area contributed by atoms with Gasteiger partial charge in [-0.15, -0.1) is 11.3 Å². The third-order valence-electron chi connectivity index (χ3n) is 5.41. The van der Waals surface area contributed by atoms with Gasteiger partial charge in [-0.25, -0.2) is 0 Å². The number of aliphatic imine (C=N–C) groups is 1. The molecule has 1 aliphatic heterocycles. The second-order valence-corrected chi connectivity index (χ2v) is 12.6. The summed E-state index contributed by atoms with van der Waals surface area (Å²) < 4.78 is 50.2. The van der Waals surface area contributed by atoms with Gasteiger partial charge in [-0.2, -0.15) is 13.2 Å². The minimum Gasteiger partial charge on any atom is -0.386 e. The molecule has 0 spiro atoms. The van der Waals surface area contributed by atoms with E-state index in [4.69, 9.17) is 17.3 Å². The molecule has 3 heterocycles. The first-order valence-electron chi connectivity index (χ1n) is 9.37. The molecule has 3 rings (SSSR count). The predicted molar refractivity (Wildman–Crippen MR) is 123 cm³/mol. The van der Waals surface area contributed by atoms with Crippen molar-refractivity contribution >= 4 is 50.1 Å². The molecule has 3 N–H and O–H groups in total. The van der Waals surface area contributed by atoms with Crippen molar-refractivity contribution in [3.63, 3.8) is 0 Å². The van der Waals surface area contributed by atoms with Gasteiger partial charge >= 0.3 is 6.18 Å². The van der Waals surface area contributed by atoms with Crippen molar-refractivity contribution in [2.45, 2.75) is 43.8 Å². The van der Waals surface area contributed by atoms with Gasteiger partial charge < -0.3 is 11.1 Å². The number of hydrogen-bond donors (Lipinski definition) is 2. The maximum Gasteiger partial charge on any atom is 0.417 e. The van der Waals surface area contributed by atoms with Gasteiger partial charge in [0.1, 0.15) is 11.4 Å². The number of rotatable bonds is 4. The number of nitrogens with one attached hydrogen (secondary N) is 1. The van der Waals surface area contributed by atoms with Gasteiger partial charge in [0.25, 0.3) is 5.91 Å². The first-order chi connectivity index (χ1) is 14.6. The van der Waals surface area contributed by atoms with E-state index in [2.05, 4.69) is 21.2 Å². The molecule has 0 aliphatic carbocycles. The highest BCUT2D eigenvalue weighted by molar-refractivity contribution is 8.02. The Morgan fingerprint density at radius 1 is 1.38 bits per heavy atom. The number of aromatic nitrogens is 1. The summed E-state index contributed by atoms with van der Waals surface area (Å²) in [6.07, 6.45) is -3.77. The zero-order chi connectivity index (χ0) is 24.1. The molecule has 6 nitrogen and oxygen atoms in total. The number of carbonyl (C=O) groups excluding carboxylic acids is 1. The van der Waals surface area contributed by atoms with Gasteiger partial charge in [0.15, 0.2) is 0 Å². The number of amidine groups is 1. The number of nitrogens with zero attached hydrogens (tertiary/aromatic N) is 2. The standard InChI is InChI=1S/C20H22ClF3N4O2S2/c1-18(2)17(25)28-19(3,10-32(18,4)30)15-13(21)7-14(31-15)16(29)27-9-12-6-5-11(8-26-12)20(22,23)24/h5-8H,4,9-10H2,1-3H3,(H2,25,28)(H,27,29)/t19-,32?/m0/s1. The summed E-state index contributed by atoms with van der Waals surface area (Å²) in [4.78, 5) is 21.7. The number of halogens is 4. The Balaban J connectivity index is 1.79. The zero-order valence-electron chi connectivity index (χ0n) is 17.5. The molecule has 32 heavy (non-hydrogen) atoms. The summed E-state index contributed by atoms with van der Waals surface area (Å²) in [6, 6.07) is 3.57. The molecule has 0 aromatic carbocycles. The minimum absolute atomic E-state index is 0.0644. The van der Waals surface area contributed by atoms with Crippen LogP contribution >= 0.6 is 22.9 Å². The van der Waals surface area contributed by atoms with Crippen LogP contribution in [0.5, 0.6) is 0 Å². The first kappa shape index (κ1) is 24.5. The Bertz CT molecular complexity index is 1190. The van der Waals surface area contributed by atoms with Gasteiger partial charge in [0, 0.05) is 11.9 Å². The van der Waals surface area contributed by atoms with E-state index >= 15 is 0 Å². The van der Waals surface area contributed by atoms with Crippen LogP contribution in [-0.4, -0.2) is 37.3 Å². The average molecular weight is 507 g/mol. The van der Waals surface area contributed by atoms with E-state index in [1.54, 1.807) is 20.8 Å². The molecular formula is C20H22ClF3N4O2S2. The summed E-state index contributed by atoms with van der Waals surface area (Å²) in [5, 5.41) is 2.89. The zero-order valence-corrected chi connectivity index (χ0v) is 19.9. The van der Waals surface area contributed by atoms with E-state index in [0.29, 0.717) is 11.1 Å². The first-order valence-corrected chi connectivity index (χ1v) is 12.5. The monoisotopic (exact) mass is 506 g/mol. The second-order valence-electron chi connectivity index (χ2n) is 8.24.